The first-order valence-electron chi connectivity index (χ1n) is 7.47. The third-order valence-corrected chi connectivity index (χ3v) is 3.14. The van der Waals surface area contributed by atoms with Crippen molar-refractivity contribution in [1.82, 2.24) is 14.8 Å². The number of rotatable bonds is 5. The molecule has 0 aliphatic carbocycles. The van der Waals surface area contributed by atoms with E-state index in [9.17, 15) is 0 Å². The van der Waals surface area contributed by atoms with E-state index >= 15 is 0 Å². The van der Waals surface area contributed by atoms with Crippen LogP contribution in [0.15, 0.2) is 42.7 Å². The molecule has 5 nitrogen and oxygen atoms in total. The number of halogens is 1. The van der Waals surface area contributed by atoms with Crippen molar-refractivity contribution in [3.05, 3.63) is 47.7 Å². The summed E-state index contributed by atoms with van der Waals surface area (Å²) in [6.07, 6.45) is 3.05. The molecular formula is C17H22ClN3O2. The van der Waals surface area contributed by atoms with Crippen molar-refractivity contribution in [1.29, 1.82) is 0 Å². The van der Waals surface area contributed by atoms with Gasteiger partial charge < -0.3 is 9.47 Å². The van der Waals surface area contributed by atoms with Gasteiger partial charge in [0.2, 0.25) is 0 Å². The third kappa shape index (κ3) is 4.73. The zero-order valence-corrected chi connectivity index (χ0v) is 14.8. The van der Waals surface area contributed by atoms with E-state index < -0.39 is 0 Å². The van der Waals surface area contributed by atoms with E-state index in [0.29, 0.717) is 22.4 Å². The fraction of sp³-hybridized carbons (Fsp3) is 0.412. The lowest BCUT2D eigenvalue weighted by Gasteiger charge is -2.27. The van der Waals surface area contributed by atoms with Crippen LogP contribution >= 0.6 is 11.6 Å². The quantitative estimate of drug-likeness (QED) is 0.749. The number of allylic oxidation sites excluding steroid dienone is 1. The second-order valence-corrected chi connectivity index (χ2v) is 6.88. The van der Waals surface area contributed by atoms with Gasteiger partial charge in [0.05, 0.1) is 6.10 Å². The Labute approximate surface area is 141 Å². The Morgan fingerprint density at radius 3 is 2.30 bits per heavy atom. The summed E-state index contributed by atoms with van der Waals surface area (Å²) in [5.41, 5.74) is -0.266. The summed E-state index contributed by atoms with van der Waals surface area (Å²) in [5.74, 6) is 1.84. The molecule has 0 bridgehead atoms. The maximum Gasteiger partial charge on any atom is 0.261 e. The molecule has 0 spiro atoms. The summed E-state index contributed by atoms with van der Waals surface area (Å²) < 4.78 is 13.7. The normalized spacial score (nSPS) is 13.0. The number of benzene rings is 1. The summed E-state index contributed by atoms with van der Waals surface area (Å²) in [5, 5.41) is 4.84. The predicted molar refractivity (Wildman–Crippen MR) is 91.0 cm³/mol. The average molecular weight is 336 g/mol. The monoisotopic (exact) mass is 335 g/mol. The van der Waals surface area contributed by atoms with E-state index in [-0.39, 0.29) is 11.5 Å². The van der Waals surface area contributed by atoms with Crippen LogP contribution in [0.1, 0.15) is 34.6 Å². The van der Waals surface area contributed by atoms with Gasteiger partial charge in [0.25, 0.3) is 5.88 Å². The fourth-order valence-corrected chi connectivity index (χ4v) is 2.03. The number of nitrogens with zero attached hydrogens (tertiary/aromatic N) is 3. The predicted octanol–water partition coefficient (Wildman–Crippen LogP) is 4.61. The van der Waals surface area contributed by atoms with Crippen molar-refractivity contribution in [2.45, 2.75) is 40.7 Å². The minimum absolute atomic E-state index is 0.0107. The van der Waals surface area contributed by atoms with E-state index in [1.165, 1.54) is 6.33 Å². The van der Waals surface area contributed by atoms with Gasteiger partial charge in [0.15, 0.2) is 5.76 Å². The zero-order chi connectivity index (χ0) is 17.0. The molecule has 6 heteroatoms. The first-order chi connectivity index (χ1) is 10.8. The maximum atomic E-state index is 6.06. The van der Waals surface area contributed by atoms with E-state index in [1.807, 2.05) is 13.8 Å². The Bertz CT molecular complexity index is 656. The Morgan fingerprint density at radius 2 is 1.83 bits per heavy atom. The van der Waals surface area contributed by atoms with Crippen molar-refractivity contribution in [3.63, 3.8) is 0 Å². The second-order valence-electron chi connectivity index (χ2n) is 6.45. The molecular weight excluding hydrogens is 314 g/mol. The minimum atomic E-state index is -0.266. The van der Waals surface area contributed by atoms with Crippen LogP contribution in [0.25, 0.3) is 5.88 Å². The molecule has 0 saturated heterocycles. The van der Waals surface area contributed by atoms with Crippen molar-refractivity contribution in [2.24, 2.45) is 5.41 Å². The van der Waals surface area contributed by atoms with Crippen molar-refractivity contribution < 1.29 is 9.47 Å². The van der Waals surface area contributed by atoms with Crippen molar-refractivity contribution in [2.75, 3.05) is 0 Å². The van der Waals surface area contributed by atoms with E-state index in [4.69, 9.17) is 21.1 Å². The van der Waals surface area contributed by atoms with E-state index in [1.54, 1.807) is 35.3 Å². The molecule has 0 N–H and O–H groups in total. The fourth-order valence-electron chi connectivity index (χ4n) is 1.91. The molecule has 0 saturated carbocycles. The standard InChI is InChI=1S/C17H22ClN3O2/c1-12(2)22-15(17(3,4)5)16(21-11-19-10-20-21)23-14-8-6-13(18)7-9-14/h6-12H,1-5H3. The number of hydrogen-bond acceptors (Lipinski definition) is 4. The zero-order valence-electron chi connectivity index (χ0n) is 14.1. The minimum Gasteiger partial charge on any atom is -0.489 e. The number of aromatic nitrogens is 3. The van der Waals surface area contributed by atoms with Crippen LogP contribution in [0, 0.1) is 5.41 Å². The highest BCUT2D eigenvalue weighted by atomic mass is 35.5. The van der Waals surface area contributed by atoms with Gasteiger partial charge in [-0.15, -0.1) is 0 Å². The number of hydrogen-bond donors (Lipinski definition) is 0. The van der Waals surface area contributed by atoms with Crippen LogP contribution in [0.4, 0.5) is 0 Å². The molecule has 1 heterocycles. The van der Waals surface area contributed by atoms with Gasteiger partial charge in [-0.3, -0.25) is 0 Å². The van der Waals surface area contributed by atoms with Crippen LogP contribution in [0.2, 0.25) is 5.02 Å². The van der Waals surface area contributed by atoms with Crippen LogP contribution < -0.4 is 4.74 Å². The molecule has 2 aromatic rings. The average Bonchev–Trinajstić information content (AvgIpc) is 2.97. The maximum absolute atomic E-state index is 6.06. The molecule has 0 atom stereocenters. The molecule has 0 unspecified atom stereocenters. The molecule has 0 radical (unpaired) electrons. The first-order valence-corrected chi connectivity index (χ1v) is 7.85. The number of ether oxygens (including phenoxy) is 2. The molecule has 0 amide bonds. The third-order valence-electron chi connectivity index (χ3n) is 2.88. The SMILES string of the molecule is CC(C)OC(=C(Oc1ccc(Cl)cc1)n1cncn1)C(C)(C)C. The van der Waals surface area contributed by atoms with Crippen LogP contribution in [-0.4, -0.2) is 20.9 Å². The van der Waals surface area contributed by atoms with Crippen molar-refractivity contribution >= 4 is 17.5 Å². The van der Waals surface area contributed by atoms with E-state index in [2.05, 4.69) is 30.9 Å². The Balaban J connectivity index is 2.51. The second kappa shape index (κ2) is 7.04. The molecule has 1 aromatic heterocycles. The Kier molecular flexibility index (Phi) is 5.31. The molecule has 0 aliphatic rings. The van der Waals surface area contributed by atoms with Gasteiger partial charge in [-0.05, 0) is 38.1 Å². The summed E-state index contributed by atoms with van der Waals surface area (Å²) in [7, 11) is 0. The van der Waals surface area contributed by atoms with Crippen molar-refractivity contribution in [3.8, 4) is 5.75 Å². The van der Waals surface area contributed by atoms with Gasteiger partial charge in [-0.1, -0.05) is 32.4 Å². The largest absolute Gasteiger partial charge is 0.489 e. The topological polar surface area (TPSA) is 49.2 Å². The van der Waals surface area contributed by atoms with Gasteiger partial charge in [0.1, 0.15) is 18.4 Å². The molecule has 2 rings (SSSR count). The molecule has 0 aliphatic heterocycles. The molecule has 0 fully saturated rings. The van der Waals surface area contributed by atoms with Gasteiger partial charge in [-0.25, -0.2) is 4.98 Å². The summed E-state index contributed by atoms with van der Waals surface area (Å²) in [6.45, 7) is 10.1. The van der Waals surface area contributed by atoms with Crippen LogP contribution in [0.5, 0.6) is 5.75 Å². The Hall–Kier alpha value is -2.01. The highest BCUT2D eigenvalue weighted by Crippen LogP contribution is 2.33. The van der Waals surface area contributed by atoms with Gasteiger partial charge >= 0.3 is 0 Å². The Morgan fingerprint density at radius 1 is 1.17 bits per heavy atom. The van der Waals surface area contributed by atoms with Crippen LogP contribution in [0.3, 0.4) is 0 Å². The molecule has 124 valence electrons. The highest BCUT2D eigenvalue weighted by molar-refractivity contribution is 6.30. The summed E-state index contributed by atoms with van der Waals surface area (Å²) in [4.78, 5) is 4.00. The van der Waals surface area contributed by atoms with Gasteiger partial charge in [0, 0.05) is 10.4 Å². The lowest BCUT2D eigenvalue weighted by Crippen LogP contribution is -2.22. The first kappa shape index (κ1) is 17.3. The smallest absolute Gasteiger partial charge is 0.261 e. The summed E-state index contributed by atoms with van der Waals surface area (Å²) in [6, 6.07) is 7.15. The lowest BCUT2D eigenvalue weighted by molar-refractivity contribution is 0.0950. The highest BCUT2D eigenvalue weighted by Gasteiger charge is 2.28. The summed E-state index contributed by atoms with van der Waals surface area (Å²) >= 11 is 5.93. The van der Waals surface area contributed by atoms with E-state index in [0.717, 1.165) is 0 Å². The van der Waals surface area contributed by atoms with Gasteiger partial charge in [-0.2, -0.15) is 9.78 Å². The lowest BCUT2D eigenvalue weighted by atomic mass is 9.93. The molecule has 1 aromatic carbocycles. The molecule has 23 heavy (non-hydrogen) atoms. The van der Waals surface area contributed by atoms with Crippen LogP contribution in [-0.2, 0) is 4.74 Å².